The Bertz CT molecular complexity index is 669. The van der Waals surface area contributed by atoms with Gasteiger partial charge in [-0.05, 0) is 23.3 Å². The lowest BCUT2D eigenvalue weighted by Crippen LogP contribution is -2.61. The maximum absolute atomic E-state index is 13.2. The van der Waals surface area contributed by atoms with Crippen LogP contribution in [0.4, 0.5) is 9.18 Å². The minimum atomic E-state index is -1.20. The molecule has 1 saturated heterocycles. The van der Waals surface area contributed by atoms with E-state index >= 15 is 0 Å². The van der Waals surface area contributed by atoms with Crippen LogP contribution in [0.3, 0.4) is 0 Å². The summed E-state index contributed by atoms with van der Waals surface area (Å²) in [5.74, 6) is -0.406. The van der Waals surface area contributed by atoms with Crippen LogP contribution in [0.15, 0.2) is 54.6 Å². The van der Waals surface area contributed by atoms with E-state index in [1.54, 1.807) is 12.1 Å². The van der Waals surface area contributed by atoms with Crippen LogP contribution >= 0.6 is 0 Å². The molecule has 2 aromatic rings. The summed E-state index contributed by atoms with van der Waals surface area (Å²) >= 11 is 0. The first-order chi connectivity index (χ1) is 10.6. The van der Waals surface area contributed by atoms with Crippen LogP contribution in [0, 0.1) is 5.82 Å². The van der Waals surface area contributed by atoms with E-state index in [1.165, 1.54) is 17.0 Å². The molecule has 1 aliphatic rings. The fourth-order valence-electron chi connectivity index (χ4n) is 2.49. The van der Waals surface area contributed by atoms with Crippen LogP contribution in [0.1, 0.15) is 11.1 Å². The Balaban J connectivity index is 1.55. The molecule has 114 valence electrons. The number of benzene rings is 2. The summed E-state index contributed by atoms with van der Waals surface area (Å²) in [6.07, 6.45) is -0.482. The first kappa shape index (κ1) is 14.5. The number of rotatable bonds is 3. The van der Waals surface area contributed by atoms with E-state index < -0.39 is 17.5 Å². The van der Waals surface area contributed by atoms with Crippen molar-refractivity contribution in [2.24, 2.45) is 0 Å². The standard InChI is InChI=1S/C17H16FNO3/c18-15-8-4-7-14(9-15)17(21)11-19(12-17)16(20)22-10-13-5-2-1-3-6-13/h1-9,21H,10-12H2. The molecule has 1 amide bonds. The third kappa shape index (κ3) is 2.94. The maximum atomic E-state index is 13.2. The number of carbonyl (C=O) groups excluding carboxylic acids is 1. The van der Waals surface area contributed by atoms with Crippen LogP contribution < -0.4 is 0 Å². The highest BCUT2D eigenvalue weighted by Gasteiger charge is 2.45. The van der Waals surface area contributed by atoms with Crippen LogP contribution in [0.25, 0.3) is 0 Å². The highest BCUT2D eigenvalue weighted by atomic mass is 19.1. The van der Waals surface area contributed by atoms with E-state index in [1.807, 2.05) is 30.3 Å². The van der Waals surface area contributed by atoms with Gasteiger partial charge in [0.05, 0.1) is 13.1 Å². The Kier molecular flexibility index (Phi) is 3.81. The van der Waals surface area contributed by atoms with Gasteiger partial charge in [-0.3, -0.25) is 0 Å². The fourth-order valence-corrected chi connectivity index (χ4v) is 2.49. The van der Waals surface area contributed by atoms with Crippen LogP contribution in [0.2, 0.25) is 0 Å². The summed E-state index contributed by atoms with van der Waals surface area (Å²) in [6, 6.07) is 15.2. The molecule has 0 spiro atoms. The lowest BCUT2D eigenvalue weighted by molar-refractivity contribution is -0.0950. The SMILES string of the molecule is O=C(OCc1ccccc1)N1CC(O)(c2cccc(F)c2)C1. The van der Waals surface area contributed by atoms with Gasteiger partial charge in [-0.1, -0.05) is 42.5 Å². The first-order valence-electron chi connectivity index (χ1n) is 7.01. The summed E-state index contributed by atoms with van der Waals surface area (Å²) in [5, 5.41) is 10.4. The van der Waals surface area contributed by atoms with Gasteiger partial charge in [0, 0.05) is 0 Å². The molecule has 1 N–H and O–H groups in total. The topological polar surface area (TPSA) is 49.8 Å². The van der Waals surface area contributed by atoms with Gasteiger partial charge in [-0.25, -0.2) is 9.18 Å². The Morgan fingerprint density at radius 3 is 2.59 bits per heavy atom. The molecule has 0 bridgehead atoms. The van der Waals surface area contributed by atoms with Gasteiger partial charge < -0.3 is 14.7 Å². The van der Waals surface area contributed by atoms with Crippen molar-refractivity contribution in [3.8, 4) is 0 Å². The highest BCUT2D eigenvalue weighted by molar-refractivity contribution is 5.69. The molecule has 1 aliphatic heterocycles. The summed E-state index contributed by atoms with van der Waals surface area (Å²) in [6.45, 7) is 0.392. The molecule has 22 heavy (non-hydrogen) atoms. The monoisotopic (exact) mass is 301 g/mol. The number of halogens is 1. The predicted molar refractivity (Wildman–Crippen MR) is 78.5 cm³/mol. The van der Waals surface area contributed by atoms with Crippen LogP contribution in [0.5, 0.6) is 0 Å². The number of amides is 1. The van der Waals surface area contributed by atoms with Crippen molar-refractivity contribution in [1.82, 2.24) is 4.90 Å². The van der Waals surface area contributed by atoms with Gasteiger partial charge in [0.2, 0.25) is 0 Å². The lowest BCUT2D eigenvalue weighted by atomic mass is 9.86. The third-order valence-electron chi connectivity index (χ3n) is 3.73. The first-order valence-corrected chi connectivity index (χ1v) is 7.01. The Hall–Kier alpha value is -2.40. The molecule has 0 unspecified atom stereocenters. The second kappa shape index (κ2) is 5.77. The smallest absolute Gasteiger partial charge is 0.410 e. The number of hydrogen-bond donors (Lipinski definition) is 1. The average Bonchev–Trinajstić information content (AvgIpc) is 2.50. The molecule has 4 nitrogen and oxygen atoms in total. The number of β-amino-alcohol motifs (C(OH)–C–C–N with tert-alkyl or cyclic N) is 1. The van der Waals surface area contributed by atoms with Crippen molar-refractivity contribution in [1.29, 1.82) is 0 Å². The van der Waals surface area contributed by atoms with E-state index in [0.29, 0.717) is 5.56 Å². The number of carbonyl (C=O) groups is 1. The quantitative estimate of drug-likeness (QED) is 0.948. The maximum Gasteiger partial charge on any atom is 0.410 e. The molecule has 0 aliphatic carbocycles. The summed E-state index contributed by atoms with van der Waals surface area (Å²) < 4.78 is 18.4. The van der Waals surface area contributed by atoms with Crippen LogP contribution in [-0.2, 0) is 16.9 Å². The second-order valence-electron chi connectivity index (χ2n) is 5.44. The van der Waals surface area contributed by atoms with Crippen molar-refractivity contribution >= 4 is 6.09 Å². The Morgan fingerprint density at radius 2 is 1.91 bits per heavy atom. The highest BCUT2D eigenvalue weighted by Crippen LogP contribution is 2.32. The molecule has 3 rings (SSSR count). The van der Waals surface area contributed by atoms with Crippen molar-refractivity contribution in [2.75, 3.05) is 13.1 Å². The summed E-state index contributed by atoms with van der Waals surface area (Å²) in [7, 11) is 0. The van der Waals surface area contributed by atoms with E-state index in [-0.39, 0.29) is 19.7 Å². The molecule has 0 atom stereocenters. The Morgan fingerprint density at radius 1 is 1.18 bits per heavy atom. The molecule has 1 fully saturated rings. The van der Waals surface area contributed by atoms with Gasteiger partial charge in [0.25, 0.3) is 0 Å². The zero-order valence-electron chi connectivity index (χ0n) is 11.9. The molecule has 0 radical (unpaired) electrons. The summed E-state index contributed by atoms with van der Waals surface area (Å²) in [5.41, 5.74) is 0.171. The molecule has 1 heterocycles. The molecule has 5 heteroatoms. The minimum Gasteiger partial charge on any atom is -0.445 e. The van der Waals surface area contributed by atoms with Crippen molar-refractivity contribution < 1.29 is 19.0 Å². The lowest BCUT2D eigenvalue weighted by Gasteiger charge is -2.45. The number of ether oxygens (including phenoxy) is 1. The van der Waals surface area contributed by atoms with Gasteiger partial charge >= 0.3 is 6.09 Å². The number of hydrogen-bond acceptors (Lipinski definition) is 3. The van der Waals surface area contributed by atoms with Gasteiger partial charge in [0.15, 0.2) is 0 Å². The largest absolute Gasteiger partial charge is 0.445 e. The normalized spacial score (nSPS) is 16.0. The minimum absolute atomic E-state index is 0.101. The van der Waals surface area contributed by atoms with Gasteiger partial charge in [-0.15, -0.1) is 0 Å². The van der Waals surface area contributed by atoms with Gasteiger partial charge in [0.1, 0.15) is 18.0 Å². The average molecular weight is 301 g/mol. The Labute approximate surface area is 127 Å². The van der Waals surface area contributed by atoms with E-state index in [2.05, 4.69) is 0 Å². The zero-order chi connectivity index (χ0) is 15.6. The molecule has 0 aromatic heterocycles. The van der Waals surface area contributed by atoms with E-state index in [4.69, 9.17) is 4.74 Å². The molecule has 2 aromatic carbocycles. The second-order valence-corrected chi connectivity index (χ2v) is 5.44. The molecule has 0 saturated carbocycles. The predicted octanol–water partition coefficient (Wildman–Crippen LogP) is 2.67. The fraction of sp³-hybridized carbons (Fsp3) is 0.235. The molecular weight excluding hydrogens is 285 g/mol. The van der Waals surface area contributed by atoms with Crippen molar-refractivity contribution in [3.05, 3.63) is 71.5 Å². The van der Waals surface area contributed by atoms with Crippen LogP contribution in [-0.4, -0.2) is 29.2 Å². The molecular formula is C17H16FNO3. The van der Waals surface area contributed by atoms with Gasteiger partial charge in [-0.2, -0.15) is 0 Å². The number of likely N-dealkylation sites (tertiary alicyclic amines) is 1. The zero-order valence-corrected chi connectivity index (χ0v) is 11.9. The van der Waals surface area contributed by atoms with E-state index in [0.717, 1.165) is 5.56 Å². The number of nitrogens with zero attached hydrogens (tertiary/aromatic N) is 1. The van der Waals surface area contributed by atoms with Crippen molar-refractivity contribution in [3.63, 3.8) is 0 Å². The third-order valence-corrected chi connectivity index (χ3v) is 3.73. The van der Waals surface area contributed by atoms with E-state index in [9.17, 15) is 14.3 Å². The number of aliphatic hydroxyl groups is 1. The van der Waals surface area contributed by atoms with Crippen molar-refractivity contribution in [2.45, 2.75) is 12.2 Å². The summed E-state index contributed by atoms with van der Waals surface area (Å²) in [4.78, 5) is 13.3.